The second-order valence-electron chi connectivity index (χ2n) is 6.50. The van der Waals surface area contributed by atoms with Gasteiger partial charge in [-0.1, -0.05) is 30.3 Å². The molecule has 0 unspecified atom stereocenters. The summed E-state index contributed by atoms with van der Waals surface area (Å²) in [5.41, 5.74) is 1.20. The summed E-state index contributed by atoms with van der Waals surface area (Å²) in [6, 6.07) is 10.7. The molecule has 1 aromatic rings. The molecule has 2 aliphatic rings. The van der Waals surface area contributed by atoms with Crippen LogP contribution in [0.1, 0.15) is 37.7 Å². The summed E-state index contributed by atoms with van der Waals surface area (Å²) in [6.07, 6.45) is 6.00. The zero-order valence-corrected chi connectivity index (χ0v) is 12.8. The number of hydrogen-bond donors (Lipinski definition) is 1. The molecule has 2 fully saturated rings. The Kier molecular flexibility index (Phi) is 4.94. The minimum absolute atomic E-state index is 0.228. The van der Waals surface area contributed by atoms with Crippen LogP contribution in [0.5, 0.6) is 0 Å². The van der Waals surface area contributed by atoms with Crippen molar-refractivity contribution in [1.29, 1.82) is 0 Å². The average Bonchev–Trinajstić information content (AvgIpc) is 2.53. The van der Waals surface area contributed by atoms with Crippen molar-refractivity contribution in [2.24, 2.45) is 0 Å². The van der Waals surface area contributed by atoms with Crippen LogP contribution in [0.25, 0.3) is 0 Å². The number of ether oxygens (including phenoxy) is 1. The van der Waals surface area contributed by atoms with E-state index in [2.05, 4.69) is 35.2 Å². The second kappa shape index (κ2) is 6.91. The lowest BCUT2D eigenvalue weighted by atomic mass is 9.82. The number of aliphatic hydroxyl groups is 1. The Morgan fingerprint density at radius 3 is 2.67 bits per heavy atom. The third-order valence-corrected chi connectivity index (χ3v) is 5.10. The molecule has 0 bridgehead atoms. The first-order valence-corrected chi connectivity index (χ1v) is 8.37. The molecule has 3 heteroatoms. The Bertz CT molecular complexity index is 426. The van der Waals surface area contributed by atoms with Gasteiger partial charge in [0.1, 0.15) is 0 Å². The van der Waals surface area contributed by atoms with Gasteiger partial charge in [0.15, 0.2) is 0 Å². The van der Waals surface area contributed by atoms with E-state index >= 15 is 0 Å². The number of rotatable bonds is 4. The SMILES string of the molecule is O[C@@H]1CCCOC12CCN(CCCc1ccccc1)CC2. The molecule has 3 rings (SSSR count). The van der Waals surface area contributed by atoms with Crippen LogP contribution in [0.3, 0.4) is 0 Å². The Labute approximate surface area is 127 Å². The third kappa shape index (κ3) is 3.65. The predicted molar refractivity (Wildman–Crippen MR) is 84.4 cm³/mol. The van der Waals surface area contributed by atoms with Crippen LogP contribution in [0.15, 0.2) is 30.3 Å². The fourth-order valence-corrected chi connectivity index (χ4v) is 3.70. The van der Waals surface area contributed by atoms with Crippen molar-refractivity contribution in [1.82, 2.24) is 4.90 Å². The molecule has 1 atom stereocenters. The topological polar surface area (TPSA) is 32.7 Å². The predicted octanol–water partition coefficient (Wildman–Crippen LogP) is 2.63. The zero-order valence-electron chi connectivity index (χ0n) is 12.8. The van der Waals surface area contributed by atoms with E-state index in [0.717, 1.165) is 58.3 Å². The number of piperidine rings is 1. The van der Waals surface area contributed by atoms with E-state index in [1.807, 2.05) is 0 Å². The largest absolute Gasteiger partial charge is 0.390 e. The summed E-state index contributed by atoms with van der Waals surface area (Å²) in [5, 5.41) is 10.3. The van der Waals surface area contributed by atoms with Gasteiger partial charge in [0.2, 0.25) is 0 Å². The first-order chi connectivity index (χ1) is 10.3. The Morgan fingerprint density at radius 2 is 1.95 bits per heavy atom. The highest BCUT2D eigenvalue weighted by Gasteiger charge is 2.43. The van der Waals surface area contributed by atoms with Crippen molar-refractivity contribution in [3.63, 3.8) is 0 Å². The number of aryl methyl sites for hydroxylation is 1. The zero-order chi connectivity index (χ0) is 14.5. The number of nitrogens with zero attached hydrogens (tertiary/aromatic N) is 1. The van der Waals surface area contributed by atoms with Crippen LogP contribution >= 0.6 is 0 Å². The third-order valence-electron chi connectivity index (χ3n) is 5.10. The van der Waals surface area contributed by atoms with Crippen LogP contribution in [0.2, 0.25) is 0 Å². The monoisotopic (exact) mass is 289 g/mol. The van der Waals surface area contributed by atoms with Gasteiger partial charge in [0, 0.05) is 19.7 Å². The lowest BCUT2D eigenvalue weighted by molar-refractivity contribution is -0.176. The van der Waals surface area contributed by atoms with Crippen molar-refractivity contribution < 1.29 is 9.84 Å². The number of aliphatic hydroxyl groups excluding tert-OH is 1. The lowest BCUT2D eigenvalue weighted by Gasteiger charge is -2.46. The van der Waals surface area contributed by atoms with Crippen LogP contribution in [-0.2, 0) is 11.2 Å². The molecular formula is C18H27NO2. The van der Waals surface area contributed by atoms with E-state index in [1.54, 1.807) is 0 Å². The normalized spacial score (nSPS) is 26.0. The van der Waals surface area contributed by atoms with Crippen molar-refractivity contribution in [2.45, 2.75) is 50.2 Å². The van der Waals surface area contributed by atoms with E-state index in [0.29, 0.717) is 0 Å². The standard InChI is InChI=1S/C18H27NO2/c20-17-9-5-15-21-18(17)10-13-19(14-11-18)12-4-8-16-6-2-1-3-7-16/h1-3,6-7,17,20H,4-5,8-15H2/t17-/m1/s1. The molecular weight excluding hydrogens is 262 g/mol. The van der Waals surface area contributed by atoms with Crippen LogP contribution < -0.4 is 0 Å². The maximum absolute atomic E-state index is 10.3. The van der Waals surface area contributed by atoms with E-state index < -0.39 is 0 Å². The molecule has 21 heavy (non-hydrogen) atoms. The lowest BCUT2D eigenvalue weighted by Crippen LogP contribution is -2.55. The molecule has 0 amide bonds. The van der Waals surface area contributed by atoms with Gasteiger partial charge in [-0.05, 0) is 50.6 Å². The van der Waals surface area contributed by atoms with Gasteiger partial charge in [0.25, 0.3) is 0 Å². The van der Waals surface area contributed by atoms with Gasteiger partial charge in [-0.2, -0.15) is 0 Å². The van der Waals surface area contributed by atoms with Crippen molar-refractivity contribution in [2.75, 3.05) is 26.2 Å². The van der Waals surface area contributed by atoms with Crippen molar-refractivity contribution in [3.05, 3.63) is 35.9 Å². The van der Waals surface area contributed by atoms with Gasteiger partial charge >= 0.3 is 0 Å². The first-order valence-electron chi connectivity index (χ1n) is 8.37. The number of benzene rings is 1. The Balaban J connectivity index is 1.41. The molecule has 116 valence electrons. The van der Waals surface area contributed by atoms with Gasteiger partial charge in [-0.15, -0.1) is 0 Å². The molecule has 0 radical (unpaired) electrons. The average molecular weight is 289 g/mol. The second-order valence-corrected chi connectivity index (χ2v) is 6.50. The highest BCUT2D eigenvalue weighted by molar-refractivity contribution is 5.14. The van der Waals surface area contributed by atoms with Crippen LogP contribution in [0, 0.1) is 0 Å². The molecule has 2 saturated heterocycles. The molecule has 3 nitrogen and oxygen atoms in total. The maximum Gasteiger partial charge on any atom is 0.0964 e. The molecule has 2 heterocycles. The summed E-state index contributed by atoms with van der Waals surface area (Å²) < 4.78 is 5.96. The molecule has 1 N–H and O–H groups in total. The minimum Gasteiger partial charge on any atom is -0.390 e. The summed E-state index contributed by atoms with van der Waals surface area (Å²) in [4.78, 5) is 2.53. The van der Waals surface area contributed by atoms with Crippen LogP contribution in [0.4, 0.5) is 0 Å². The molecule has 2 aliphatic heterocycles. The first kappa shape index (κ1) is 15.0. The number of likely N-dealkylation sites (tertiary alicyclic amines) is 1. The molecule has 0 aromatic heterocycles. The smallest absolute Gasteiger partial charge is 0.0964 e. The highest BCUT2D eigenvalue weighted by Crippen LogP contribution is 2.35. The minimum atomic E-state index is -0.252. The summed E-state index contributed by atoms with van der Waals surface area (Å²) in [7, 11) is 0. The summed E-state index contributed by atoms with van der Waals surface area (Å²) in [5.74, 6) is 0. The molecule has 1 spiro atoms. The van der Waals surface area contributed by atoms with Gasteiger partial charge in [-0.25, -0.2) is 0 Å². The fraction of sp³-hybridized carbons (Fsp3) is 0.667. The van der Waals surface area contributed by atoms with Crippen molar-refractivity contribution in [3.8, 4) is 0 Å². The molecule has 1 aromatic carbocycles. The van der Waals surface area contributed by atoms with E-state index in [4.69, 9.17) is 4.74 Å². The van der Waals surface area contributed by atoms with E-state index in [-0.39, 0.29) is 11.7 Å². The molecule has 0 aliphatic carbocycles. The highest BCUT2D eigenvalue weighted by atomic mass is 16.5. The van der Waals surface area contributed by atoms with E-state index in [9.17, 15) is 5.11 Å². The summed E-state index contributed by atoms with van der Waals surface area (Å²) >= 11 is 0. The number of hydrogen-bond acceptors (Lipinski definition) is 3. The van der Waals surface area contributed by atoms with Gasteiger partial charge in [0.05, 0.1) is 11.7 Å². The Hall–Kier alpha value is -0.900. The van der Waals surface area contributed by atoms with E-state index in [1.165, 1.54) is 12.0 Å². The fourth-order valence-electron chi connectivity index (χ4n) is 3.70. The summed E-state index contributed by atoms with van der Waals surface area (Å²) in [6.45, 7) is 4.10. The Morgan fingerprint density at radius 1 is 1.19 bits per heavy atom. The quantitative estimate of drug-likeness (QED) is 0.925. The van der Waals surface area contributed by atoms with Crippen molar-refractivity contribution >= 4 is 0 Å². The van der Waals surface area contributed by atoms with Gasteiger partial charge in [-0.3, -0.25) is 0 Å². The van der Waals surface area contributed by atoms with Crippen LogP contribution in [-0.4, -0.2) is 48.0 Å². The van der Waals surface area contributed by atoms with Gasteiger partial charge < -0.3 is 14.7 Å². The maximum atomic E-state index is 10.3. The molecule has 0 saturated carbocycles.